The second-order valence-electron chi connectivity index (χ2n) is 7.78. The van der Waals surface area contributed by atoms with Gasteiger partial charge in [0.15, 0.2) is 0 Å². The summed E-state index contributed by atoms with van der Waals surface area (Å²) in [5.74, 6) is 1.01. The Bertz CT molecular complexity index is 977. The number of pyridine rings is 2. The Morgan fingerprint density at radius 3 is 2.63 bits per heavy atom. The lowest BCUT2D eigenvalue weighted by atomic mass is 10.1. The fraction of sp³-hybridized carbons (Fsp3) is 0.375. The zero-order valence-corrected chi connectivity index (χ0v) is 17.3. The number of para-hydroxylation sites is 1. The van der Waals surface area contributed by atoms with Crippen LogP contribution in [0.3, 0.4) is 0 Å². The van der Waals surface area contributed by atoms with Crippen LogP contribution in [0.2, 0.25) is 0 Å². The van der Waals surface area contributed by atoms with Gasteiger partial charge in [-0.1, -0.05) is 37.1 Å². The van der Waals surface area contributed by atoms with E-state index in [4.69, 9.17) is 0 Å². The lowest BCUT2D eigenvalue weighted by Gasteiger charge is -2.21. The van der Waals surface area contributed by atoms with Crippen molar-refractivity contribution in [1.29, 1.82) is 0 Å². The summed E-state index contributed by atoms with van der Waals surface area (Å²) in [6.45, 7) is 3.18. The van der Waals surface area contributed by atoms with Gasteiger partial charge in [0, 0.05) is 44.0 Å². The first kappa shape index (κ1) is 20.1. The summed E-state index contributed by atoms with van der Waals surface area (Å²) < 4.78 is 0. The summed E-state index contributed by atoms with van der Waals surface area (Å²) in [4.78, 5) is 23.6. The number of aromatic nitrogens is 2. The largest absolute Gasteiger partial charge is 0.357 e. The van der Waals surface area contributed by atoms with Crippen LogP contribution in [0.25, 0.3) is 10.9 Å². The van der Waals surface area contributed by atoms with Crippen LogP contribution in [0.15, 0.2) is 54.9 Å². The minimum absolute atomic E-state index is 0.156. The van der Waals surface area contributed by atoms with Crippen molar-refractivity contribution in [2.24, 2.45) is 0 Å². The molecule has 2 N–H and O–H groups in total. The molecule has 3 aromatic rings. The average molecular weight is 404 g/mol. The zero-order chi connectivity index (χ0) is 20.6. The molecule has 2 amide bonds. The standard InChI is InChI=1S/C24H29N5O/c30-24(27-14-11-21-8-5-7-20-9-6-12-26-23(20)21)28-18-19-10-13-25-22(17-19)29-15-3-1-2-4-16-29/h5-10,12-13,17H,1-4,11,14-16,18H2,(H2,27,28,30). The first-order chi connectivity index (χ1) is 14.8. The Balaban J connectivity index is 1.26. The average Bonchev–Trinajstić information content (AvgIpc) is 3.08. The highest BCUT2D eigenvalue weighted by atomic mass is 16.2. The number of hydrogen-bond donors (Lipinski definition) is 2. The van der Waals surface area contributed by atoms with Crippen molar-refractivity contribution >= 4 is 22.8 Å². The van der Waals surface area contributed by atoms with Gasteiger partial charge >= 0.3 is 6.03 Å². The third-order valence-electron chi connectivity index (χ3n) is 5.59. The quantitative estimate of drug-likeness (QED) is 0.651. The van der Waals surface area contributed by atoms with E-state index in [0.717, 1.165) is 47.4 Å². The molecule has 1 aromatic carbocycles. The van der Waals surface area contributed by atoms with Crippen LogP contribution in [-0.4, -0.2) is 35.6 Å². The zero-order valence-electron chi connectivity index (χ0n) is 17.3. The molecule has 0 unspecified atom stereocenters. The molecule has 1 aliphatic rings. The lowest BCUT2D eigenvalue weighted by Crippen LogP contribution is -2.36. The minimum atomic E-state index is -0.156. The van der Waals surface area contributed by atoms with Crippen molar-refractivity contribution in [3.63, 3.8) is 0 Å². The Morgan fingerprint density at radius 1 is 0.933 bits per heavy atom. The summed E-state index contributed by atoms with van der Waals surface area (Å²) in [6, 6.07) is 14.0. The Hall–Kier alpha value is -3.15. The molecule has 6 heteroatoms. The van der Waals surface area contributed by atoms with Gasteiger partial charge in [0.05, 0.1) is 5.52 Å². The molecule has 1 fully saturated rings. The molecule has 30 heavy (non-hydrogen) atoms. The van der Waals surface area contributed by atoms with Crippen LogP contribution >= 0.6 is 0 Å². The number of nitrogens with one attached hydrogen (secondary N) is 2. The Kier molecular flexibility index (Phi) is 6.75. The molecule has 4 rings (SSSR count). The van der Waals surface area contributed by atoms with Crippen molar-refractivity contribution in [3.05, 3.63) is 66.0 Å². The van der Waals surface area contributed by atoms with Gasteiger partial charge in [-0.3, -0.25) is 4.98 Å². The number of urea groups is 1. The van der Waals surface area contributed by atoms with Gasteiger partial charge in [0.2, 0.25) is 0 Å². The van der Waals surface area contributed by atoms with Crippen molar-refractivity contribution in [2.45, 2.75) is 38.6 Å². The van der Waals surface area contributed by atoms with Gasteiger partial charge in [0.25, 0.3) is 0 Å². The molecule has 3 heterocycles. The van der Waals surface area contributed by atoms with Crippen molar-refractivity contribution < 1.29 is 4.79 Å². The van der Waals surface area contributed by atoms with E-state index >= 15 is 0 Å². The predicted molar refractivity (Wildman–Crippen MR) is 121 cm³/mol. The topological polar surface area (TPSA) is 70.1 Å². The normalized spacial score (nSPS) is 14.3. The molecule has 6 nitrogen and oxygen atoms in total. The van der Waals surface area contributed by atoms with Crippen LogP contribution < -0.4 is 15.5 Å². The van der Waals surface area contributed by atoms with E-state index in [1.54, 1.807) is 6.20 Å². The second-order valence-corrected chi connectivity index (χ2v) is 7.78. The van der Waals surface area contributed by atoms with E-state index < -0.39 is 0 Å². The van der Waals surface area contributed by atoms with E-state index in [1.165, 1.54) is 25.7 Å². The third kappa shape index (κ3) is 5.26. The molecule has 0 bridgehead atoms. The van der Waals surface area contributed by atoms with E-state index in [1.807, 2.05) is 24.4 Å². The second kappa shape index (κ2) is 10.1. The molecule has 2 aromatic heterocycles. The molecule has 0 saturated carbocycles. The van der Waals surface area contributed by atoms with Gasteiger partial charge in [-0.15, -0.1) is 0 Å². The van der Waals surface area contributed by atoms with Gasteiger partial charge < -0.3 is 15.5 Å². The maximum Gasteiger partial charge on any atom is 0.315 e. The van der Waals surface area contributed by atoms with Gasteiger partial charge in [0.1, 0.15) is 5.82 Å². The lowest BCUT2D eigenvalue weighted by molar-refractivity contribution is 0.240. The molecule has 0 atom stereocenters. The summed E-state index contributed by atoms with van der Waals surface area (Å²) in [5, 5.41) is 7.02. The fourth-order valence-electron chi connectivity index (χ4n) is 3.97. The van der Waals surface area contributed by atoms with Crippen LogP contribution in [0, 0.1) is 0 Å². The van der Waals surface area contributed by atoms with E-state index in [-0.39, 0.29) is 6.03 Å². The van der Waals surface area contributed by atoms with Gasteiger partial charge in [-0.05, 0) is 48.6 Å². The smallest absolute Gasteiger partial charge is 0.315 e. The summed E-state index contributed by atoms with van der Waals surface area (Å²) in [5.41, 5.74) is 3.21. The number of fused-ring (bicyclic) bond motifs is 1. The number of amides is 2. The van der Waals surface area contributed by atoms with Crippen molar-refractivity contribution in [2.75, 3.05) is 24.5 Å². The number of nitrogens with zero attached hydrogens (tertiary/aromatic N) is 3. The van der Waals surface area contributed by atoms with E-state index in [2.05, 4.69) is 49.8 Å². The Morgan fingerprint density at radius 2 is 1.77 bits per heavy atom. The molecule has 156 valence electrons. The molecule has 1 saturated heterocycles. The van der Waals surface area contributed by atoms with Gasteiger partial charge in [-0.25, -0.2) is 9.78 Å². The van der Waals surface area contributed by atoms with Crippen LogP contribution in [0.1, 0.15) is 36.8 Å². The van der Waals surface area contributed by atoms with Crippen LogP contribution in [0.4, 0.5) is 10.6 Å². The summed E-state index contributed by atoms with van der Waals surface area (Å²) >= 11 is 0. The first-order valence-electron chi connectivity index (χ1n) is 10.8. The highest BCUT2D eigenvalue weighted by Crippen LogP contribution is 2.18. The van der Waals surface area contributed by atoms with E-state index in [9.17, 15) is 4.79 Å². The number of carbonyl (C=O) groups is 1. The molecular weight excluding hydrogens is 374 g/mol. The number of benzene rings is 1. The molecular formula is C24H29N5O. The molecule has 1 aliphatic heterocycles. The Labute approximate surface area is 177 Å². The van der Waals surface area contributed by atoms with Crippen molar-refractivity contribution in [3.8, 4) is 0 Å². The first-order valence-corrected chi connectivity index (χ1v) is 10.8. The van der Waals surface area contributed by atoms with Crippen LogP contribution in [0.5, 0.6) is 0 Å². The van der Waals surface area contributed by atoms with Gasteiger partial charge in [-0.2, -0.15) is 0 Å². The van der Waals surface area contributed by atoms with Crippen LogP contribution in [-0.2, 0) is 13.0 Å². The maximum absolute atomic E-state index is 12.2. The number of anilines is 1. The van der Waals surface area contributed by atoms with Crippen molar-refractivity contribution in [1.82, 2.24) is 20.6 Å². The SMILES string of the molecule is O=C(NCCc1cccc2cccnc12)NCc1ccnc(N2CCCCCC2)c1. The monoisotopic (exact) mass is 403 g/mol. The highest BCUT2D eigenvalue weighted by Gasteiger charge is 2.11. The number of carbonyl (C=O) groups excluding carboxylic acids is 1. The molecule has 0 radical (unpaired) electrons. The predicted octanol–water partition coefficient (Wildman–Crippen LogP) is 4.05. The molecule has 0 spiro atoms. The summed E-state index contributed by atoms with van der Waals surface area (Å²) in [7, 11) is 0. The summed E-state index contributed by atoms with van der Waals surface area (Å²) in [6.07, 6.45) is 9.43. The number of hydrogen-bond acceptors (Lipinski definition) is 4. The fourth-order valence-corrected chi connectivity index (χ4v) is 3.97. The number of rotatable bonds is 6. The highest BCUT2D eigenvalue weighted by molar-refractivity contribution is 5.81. The third-order valence-corrected chi connectivity index (χ3v) is 5.59. The minimum Gasteiger partial charge on any atom is -0.357 e. The maximum atomic E-state index is 12.2. The van der Waals surface area contributed by atoms with E-state index in [0.29, 0.717) is 13.1 Å². The molecule has 0 aliphatic carbocycles.